The number of carbonyl (C=O) groups is 2. The van der Waals surface area contributed by atoms with Gasteiger partial charge < -0.3 is 14.5 Å². The van der Waals surface area contributed by atoms with Crippen molar-refractivity contribution in [2.75, 3.05) is 13.1 Å². The van der Waals surface area contributed by atoms with Crippen LogP contribution in [0.1, 0.15) is 41.6 Å². The molecular formula is C24H24N2O4. The van der Waals surface area contributed by atoms with Gasteiger partial charge in [-0.3, -0.25) is 9.59 Å². The summed E-state index contributed by atoms with van der Waals surface area (Å²) < 4.78 is 6.16. The Hall–Kier alpha value is -3.15. The van der Waals surface area contributed by atoms with Crippen molar-refractivity contribution >= 4 is 17.4 Å². The molecule has 6 heteroatoms. The molecule has 0 aliphatic carbocycles. The summed E-state index contributed by atoms with van der Waals surface area (Å²) in [5, 5.41) is 4.15. The number of rotatable bonds is 3. The molecule has 0 aromatic heterocycles. The van der Waals surface area contributed by atoms with Crippen molar-refractivity contribution in [3.05, 3.63) is 65.7 Å². The average molecular weight is 404 g/mol. The largest absolute Gasteiger partial charge is 0.489 e. The Balaban J connectivity index is 1.23. The highest BCUT2D eigenvalue weighted by atomic mass is 16.6. The van der Waals surface area contributed by atoms with Crippen LogP contribution in [-0.4, -0.2) is 47.6 Å². The Bertz CT molecular complexity index is 988. The van der Waals surface area contributed by atoms with Gasteiger partial charge in [0.05, 0.1) is 11.3 Å². The Morgan fingerprint density at radius 2 is 1.83 bits per heavy atom. The number of ketones is 1. The summed E-state index contributed by atoms with van der Waals surface area (Å²) in [6, 6.07) is 17.2. The second kappa shape index (κ2) is 7.94. The summed E-state index contributed by atoms with van der Waals surface area (Å²) in [4.78, 5) is 33.0. The lowest BCUT2D eigenvalue weighted by Gasteiger charge is -2.38. The van der Waals surface area contributed by atoms with Crippen molar-refractivity contribution in [1.29, 1.82) is 0 Å². The molecular weight excluding hydrogens is 380 g/mol. The summed E-state index contributed by atoms with van der Waals surface area (Å²) in [7, 11) is 0. The molecule has 1 saturated heterocycles. The van der Waals surface area contributed by atoms with Crippen LogP contribution < -0.4 is 4.74 Å². The van der Waals surface area contributed by atoms with Gasteiger partial charge in [-0.15, -0.1) is 0 Å². The first-order chi connectivity index (χ1) is 14.7. The van der Waals surface area contributed by atoms with E-state index in [1.807, 2.05) is 59.5 Å². The monoisotopic (exact) mass is 404 g/mol. The van der Waals surface area contributed by atoms with Gasteiger partial charge in [0.15, 0.2) is 5.78 Å². The van der Waals surface area contributed by atoms with E-state index < -0.39 is 6.10 Å². The Morgan fingerprint density at radius 3 is 2.70 bits per heavy atom. The predicted octanol–water partition coefficient (Wildman–Crippen LogP) is 3.45. The molecule has 2 aromatic rings. The third-order valence-corrected chi connectivity index (χ3v) is 6.20. The number of amides is 1. The van der Waals surface area contributed by atoms with Crippen LogP contribution in [-0.2, 0) is 9.63 Å². The van der Waals surface area contributed by atoms with Crippen molar-refractivity contribution in [2.24, 2.45) is 11.1 Å². The normalized spacial score (nSPS) is 25.7. The van der Waals surface area contributed by atoms with Crippen molar-refractivity contribution in [3.63, 3.8) is 0 Å². The molecule has 154 valence electrons. The predicted molar refractivity (Wildman–Crippen MR) is 112 cm³/mol. The van der Waals surface area contributed by atoms with Crippen LogP contribution in [0.3, 0.4) is 0 Å². The van der Waals surface area contributed by atoms with Gasteiger partial charge in [-0.1, -0.05) is 47.6 Å². The Morgan fingerprint density at radius 1 is 1.03 bits per heavy atom. The maximum Gasteiger partial charge on any atom is 0.266 e. The number of hydrogen-bond acceptors (Lipinski definition) is 5. The van der Waals surface area contributed by atoms with E-state index in [-0.39, 0.29) is 23.7 Å². The zero-order chi connectivity index (χ0) is 20.5. The molecule has 2 aromatic carbocycles. The van der Waals surface area contributed by atoms with E-state index >= 15 is 0 Å². The fraction of sp³-hybridized carbons (Fsp3) is 0.375. The quantitative estimate of drug-likeness (QED) is 0.786. The SMILES string of the molecule is O=C1C[C@H]([C@H]2CCCN(C(=O)[C@@H]3CC(c4ccccc4)=NO3)C2)Oc2ccccc21. The molecule has 5 rings (SSSR count). The molecule has 30 heavy (non-hydrogen) atoms. The van der Waals surface area contributed by atoms with E-state index in [4.69, 9.17) is 9.57 Å². The number of fused-ring (bicyclic) bond motifs is 1. The minimum Gasteiger partial charge on any atom is -0.489 e. The molecule has 3 heterocycles. The van der Waals surface area contributed by atoms with Crippen LogP contribution >= 0.6 is 0 Å². The van der Waals surface area contributed by atoms with Crippen LogP contribution in [0.15, 0.2) is 59.8 Å². The first-order valence-corrected chi connectivity index (χ1v) is 10.5. The van der Waals surface area contributed by atoms with E-state index in [2.05, 4.69) is 5.16 Å². The lowest BCUT2D eigenvalue weighted by Crippen LogP contribution is -2.49. The number of Topliss-reactive ketones (excluding diaryl/α,β-unsaturated/α-hetero) is 1. The zero-order valence-electron chi connectivity index (χ0n) is 16.7. The number of piperidine rings is 1. The van der Waals surface area contributed by atoms with Gasteiger partial charge in [0.1, 0.15) is 11.9 Å². The number of benzene rings is 2. The van der Waals surface area contributed by atoms with Gasteiger partial charge in [0, 0.05) is 31.8 Å². The third-order valence-electron chi connectivity index (χ3n) is 6.20. The van der Waals surface area contributed by atoms with Crippen LogP contribution in [0.25, 0.3) is 0 Å². The van der Waals surface area contributed by atoms with E-state index in [0.717, 1.165) is 24.1 Å². The molecule has 3 atom stereocenters. The lowest BCUT2D eigenvalue weighted by molar-refractivity contribution is -0.144. The fourth-order valence-electron chi connectivity index (χ4n) is 4.59. The zero-order valence-corrected chi connectivity index (χ0v) is 16.7. The average Bonchev–Trinajstić information content (AvgIpc) is 3.30. The number of hydrogen-bond donors (Lipinski definition) is 0. The van der Waals surface area contributed by atoms with Crippen LogP contribution in [0.5, 0.6) is 5.75 Å². The van der Waals surface area contributed by atoms with Gasteiger partial charge in [0.2, 0.25) is 6.10 Å². The molecule has 1 amide bonds. The Kier molecular flexibility index (Phi) is 4.99. The molecule has 3 aliphatic rings. The second-order valence-electron chi connectivity index (χ2n) is 8.17. The van der Waals surface area contributed by atoms with E-state index in [1.54, 1.807) is 0 Å². The minimum atomic E-state index is -0.575. The summed E-state index contributed by atoms with van der Waals surface area (Å²) in [6.07, 6.45) is 1.92. The number of ether oxygens (including phenoxy) is 1. The van der Waals surface area contributed by atoms with Crippen molar-refractivity contribution < 1.29 is 19.2 Å². The van der Waals surface area contributed by atoms with Crippen molar-refractivity contribution in [3.8, 4) is 5.75 Å². The van der Waals surface area contributed by atoms with Gasteiger partial charge in [-0.25, -0.2) is 0 Å². The molecule has 0 bridgehead atoms. The lowest BCUT2D eigenvalue weighted by atomic mass is 9.86. The molecule has 3 aliphatic heterocycles. The molecule has 0 saturated carbocycles. The fourth-order valence-corrected chi connectivity index (χ4v) is 4.59. The molecule has 0 radical (unpaired) electrons. The van der Waals surface area contributed by atoms with Crippen LogP contribution in [0, 0.1) is 5.92 Å². The molecule has 1 fully saturated rings. The number of para-hydroxylation sites is 1. The van der Waals surface area contributed by atoms with E-state index in [1.165, 1.54) is 0 Å². The molecule has 6 nitrogen and oxygen atoms in total. The minimum absolute atomic E-state index is 0.0306. The summed E-state index contributed by atoms with van der Waals surface area (Å²) in [6.45, 7) is 1.28. The topological polar surface area (TPSA) is 68.2 Å². The second-order valence-corrected chi connectivity index (χ2v) is 8.17. The highest BCUT2D eigenvalue weighted by Gasteiger charge is 2.39. The first kappa shape index (κ1) is 18.9. The van der Waals surface area contributed by atoms with Gasteiger partial charge in [-0.05, 0) is 30.5 Å². The third kappa shape index (κ3) is 3.58. The van der Waals surface area contributed by atoms with Crippen molar-refractivity contribution in [2.45, 2.75) is 37.9 Å². The maximum atomic E-state index is 13.1. The van der Waals surface area contributed by atoms with Gasteiger partial charge in [0.25, 0.3) is 5.91 Å². The van der Waals surface area contributed by atoms with E-state index in [0.29, 0.717) is 37.2 Å². The molecule has 0 N–H and O–H groups in total. The maximum absolute atomic E-state index is 13.1. The van der Waals surface area contributed by atoms with Crippen molar-refractivity contribution in [1.82, 2.24) is 4.90 Å². The number of oxime groups is 1. The van der Waals surface area contributed by atoms with Gasteiger partial charge >= 0.3 is 0 Å². The Labute approximate surface area is 175 Å². The number of nitrogens with zero attached hydrogens (tertiary/aromatic N) is 2. The first-order valence-electron chi connectivity index (χ1n) is 10.5. The number of likely N-dealkylation sites (tertiary alicyclic amines) is 1. The van der Waals surface area contributed by atoms with Gasteiger partial charge in [-0.2, -0.15) is 0 Å². The summed E-state index contributed by atoms with van der Waals surface area (Å²) >= 11 is 0. The van der Waals surface area contributed by atoms with E-state index in [9.17, 15) is 9.59 Å². The summed E-state index contributed by atoms with van der Waals surface area (Å²) in [5.41, 5.74) is 2.44. The smallest absolute Gasteiger partial charge is 0.266 e. The molecule has 0 spiro atoms. The molecule has 0 unspecified atom stereocenters. The highest BCUT2D eigenvalue weighted by Crippen LogP contribution is 2.33. The summed E-state index contributed by atoms with van der Waals surface area (Å²) in [5.74, 6) is 0.875. The van der Waals surface area contributed by atoms with Crippen LogP contribution in [0.2, 0.25) is 0 Å². The van der Waals surface area contributed by atoms with Crippen LogP contribution in [0.4, 0.5) is 0 Å². The standard InChI is InChI=1S/C24H24N2O4/c27-20-14-22(29-21-11-5-4-10-18(20)21)17-9-6-12-26(15-17)24(28)23-13-19(25-30-23)16-7-2-1-3-8-16/h1-5,7-8,10-11,17,22-23H,6,9,12-15H2/t17-,22+,23-/m0/s1. The highest BCUT2D eigenvalue weighted by molar-refractivity contribution is 6.04. The number of carbonyl (C=O) groups excluding carboxylic acids is 2.